The maximum Gasteiger partial charge on any atom is 0.260 e. The summed E-state index contributed by atoms with van der Waals surface area (Å²) < 4.78 is 10.8. The first-order valence-corrected chi connectivity index (χ1v) is 10.2. The van der Waals surface area contributed by atoms with Gasteiger partial charge in [0.2, 0.25) is 5.95 Å². The molecule has 0 saturated carbocycles. The molecule has 2 bridgehead atoms. The molecular formula is C19H20N6O3S. The third-order valence-electron chi connectivity index (χ3n) is 5.45. The van der Waals surface area contributed by atoms with Crippen LogP contribution < -0.4 is 20.1 Å². The quantitative estimate of drug-likeness (QED) is 0.673. The van der Waals surface area contributed by atoms with E-state index in [-0.39, 0.29) is 30.5 Å². The van der Waals surface area contributed by atoms with E-state index in [0.717, 1.165) is 28.3 Å². The van der Waals surface area contributed by atoms with Crippen LogP contribution in [0, 0.1) is 0 Å². The number of aromatic nitrogens is 3. The lowest BCUT2D eigenvalue weighted by Gasteiger charge is -2.34. The molecule has 5 rings (SSSR count). The predicted octanol–water partition coefficient (Wildman–Crippen LogP) is 1.55. The molecule has 2 unspecified atom stereocenters. The number of thiazole rings is 1. The first kappa shape index (κ1) is 17.9. The fourth-order valence-electron chi connectivity index (χ4n) is 4.10. The smallest absolute Gasteiger partial charge is 0.260 e. The van der Waals surface area contributed by atoms with E-state index >= 15 is 0 Å². The number of piperazine rings is 1. The van der Waals surface area contributed by atoms with Gasteiger partial charge < -0.3 is 25.0 Å². The number of nitrogens with two attached hydrogens (primary N) is 1. The molecule has 3 aromatic rings. The number of likely N-dealkylation sites (tertiary alicyclic amines) is 1. The fourth-order valence-corrected chi connectivity index (χ4v) is 4.76. The summed E-state index contributed by atoms with van der Waals surface area (Å²) in [4.78, 5) is 30.7. The second-order valence-corrected chi connectivity index (χ2v) is 7.95. The minimum absolute atomic E-state index is 0.00558. The molecule has 0 radical (unpaired) electrons. The Bertz CT molecular complexity index is 1060. The summed E-state index contributed by atoms with van der Waals surface area (Å²) in [6.45, 7) is 1.37. The summed E-state index contributed by atoms with van der Waals surface area (Å²) in [5, 5.41) is 0. The van der Waals surface area contributed by atoms with Crippen LogP contribution in [0.4, 0.5) is 11.8 Å². The molecule has 1 amide bonds. The molecule has 10 heteroatoms. The van der Waals surface area contributed by atoms with Crippen LogP contribution in [-0.4, -0.2) is 64.6 Å². The second-order valence-electron chi connectivity index (χ2n) is 7.12. The van der Waals surface area contributed by atoms with Crippen molar-refractivity contribution >= 4 is 39.4 Å². The number of benzene rings is 1. The number of methoxy groups -OCH3 is 1. The van der Waals surface area contributed by atoms with E-state index in [4.69, 9.17) is 15.2 Å². The molecule has 2 atom stereocenters. The lowest BCUT2D eigenvalue weighted by atomic mass is 10.2. The molecule has 2 N–H and O–H groups in total. The molecule has 150 valence electrons. The number of hydrogen-bond acceptors (Lipinski definition) is 9. The van der Waals surface area contributed by atoms with Gasteiger partial charge in [0.1, 0.15) is 17.0 Å². The standard InChI is InChI=1S/C19H20N6O3S/c1-27-13-2-4-14(5-3-13)28-9-15(26)24-7-12-6-11(24)8-25(12)17-16-18(29-10-21-16)23-19(20)22-17/h2-5,10-12H,6-9H2,1H3,(H2,20,22,23). The molecule has 2 aliphatic heterocycles. The Balaban J connectivity index is 1.25. The summed E-state index contributed by atoms with van der Waals surface area (Å²) in [6, 6.07) is 7.54. The Morgan fingerprint density at radius 3 is 2.72 bits per heavy atom. The fraction of sp³-hybridized carbons (Fsp3) is 0.368. The van der Waals surface area contributed by atoms with E-state index in [1.165, 1.54) is 11.3 Å². The molecule has 2 saturated heterocycles. The lowest BCUT2D eigenvalue weighted by molar-refractivity contribution is -0.134. The van der Waals surface area contributed by atoms with E-state index < -0.39 is 0 Å². The van der Waals surface area contributed by atoms with Crippen molar-refractivity contribution < 1.29 is 14.3 Å². The first-order chi connectivity index (χ1) is 14.1. The Labute approximate surface area is 171 Å². The minimum Gasteiger partial charge on any atom is -0.497 e. The van der Waals surface area contributed by atoms with E-state index in [2.05, 4.69) is 19.9 Å². The monoisotopic (exact) mass is 412 g/mol. The number of nitrogens with zero attached hydrogens (tertiary/aromatic N) is 5. The Morgan fingerprint density at radius 1 is 1.21 bits per heavy atom. The molecule has 29 heavy (non-hydrogen) atoms. The molecule has 1 aromatic carbocycles. The number of nitrogen functional groups attached to an aromatic ring is 1. The second kappa shape index (κ2) is 7.03. The Hall–Kier alpha value is -3.14. The van der Waals surface area contributed by atoms with E-state index in [9.17, 15) is 4.79 Å². The number of rotatable bonds is 5. The van der Waals surface area contributed by atoms with Gasteiger partial charge in [0.15, 0.2) is 17.3 Å². The van der Waals surface area contributed by atoms with Crippen LogP contribution in [0.1, 0.15) is 6.42 Å². The van der Waals surface area contributed by atoms with Gasteiger partial charge in [0, 0.05) is 13.1 Å². The SMILES string of the molecule is COc1ccc(OCC(=O)N2CC3CC2CN3c2nc(N)nc3scnc23)cc1. The molecule has 0 spiro atoms. The molecule has 2 aromatic heterocycles. The van der Waals surface area contributed by atoms with Crippen LogP contribution in [0.2, 0.25) is 0 Å². The van der Waals surface area contributed by atoms with E-state index in [1.54, 1.807) is 24.8 Å². The molecule has 4 heterocycles. The van der Waals surface area contributed by atoms with Gasteiger partial charge in [0.05, 0.1) is 24.7 Å². The number of carbonyl (C=O) groups is 1. The highest BCUT2D eigenvalue weighted by Crippen LogP contribution is 2.37. The zero-order chi connectivity index (χ0) is 20.0. The molecular weight excluding hydrogens is 392 g/mol. The minimum atomic E-state index is -0.00558. The van der Waals surface area contributed by atoms with Gasteiger partial charge in [-0.1, -0.05) is 0 Å². The van der Waals surface area contributed by atoms with Gasteiger partial charge in [-0.3, -0.25) is 4.79 Å². The summed E-state index contributed by atoms with van der Waals surface area (Å²) in [5.41, 5.74) is 8.41. The average molecular weight is 412 g/mol. The van der Waals surface area contributed by atoms with Crippen LogP contribution in [0.25, 0.3) is 10.3 Å². The van der Waals surface area contributed by atoms with Crippen molar-refractivity contribution in [1.82, 2.24) is 19.9 Å². The summed E-state index contributed by atoms with van der Waals surface area (Å²) in [5.74, 6) is 2.41. The van der Waals surface area contributed by atoms with Crippen LogP contribution in [0.3, 0.4) is 0 Å². The van der Waals surface area contributed by atoms with E-state index in [1.807, 2.05) is 17.0 Å². The predicted molar refractivity (Wildman–Crippen MR) is 109 cm³/mol. The zero-order valence-electron chi connectivity index (χ0n) is 15.8. The number of carbonyl (C=O) groups excluding carboxylic acids is 1. The number of anilines is 2. The number of hydrogen-bond donors (Lipinski definition) is 1. The Morgan fingerprint density at radius 2 is 2.00 bits per heavy atom. The zero-order valence-corrected chi connectivity index (χ0v) is 16.6. The van der Waals surface area contributed by atoms with E-state index in [0.29, 0.717) is 18.8 Å². The molecule has 2 aliphatic rings. The van der Waals surface area contributed by atoms with Gasteiger partial charge >= 0.3 is 0 Å². The summed E-state index contributed by atoms with van der Waals surface area (Å²) in [6.07, 6.45) is 0.907. The largest absolute Gasteiger partial charge is 0.497 e. The van der Waals surface area contributed by atoms with Crippen LogP contribution in [0.5, 0.6) is 11.5 Å². The van der Waals surface area contributed by atoms with Gasteiger partial charge in [-0.15, -0.1) is 11.3 Å². The van der Waals surface area contributed by atoms with Gasteiger partial charge in [0.25, 0.3) is 5.91 Å². The molecule has 2 fully saturated rings. The van der Waals surface area contributed by atoms with Crippen molar-refractivity contribution in [3.8, 4) is 11.5 Å². The average Bonchev–Trinajstić information content (AvgIpc) is 3.47. The maximum absolute atomic E-state index is 12.7. The van der Waals surface area contributed by atoms with Gasteiger partial charge in [-0.05, 0) is 30.7 Å². The van der Waals surface area contributed by atoms with Crippen LogP contribution in [0.15, 0.2) is 29.8 Å². The lowest BCUT2D eigenvalue weighted by Crippen LogP contribution is -2.50. The third kappa shape index (κ3) is 3.19. The first-order valence-electron chi connectivity index (χ1n) is 9.32. The van der Waals surface area contributed by atoms with Crippen molar-refractivity contribution in [2.24, 2.45) is 0 Å². The number of amides is 1. The highest BCUT2D eigenvalue weighted by Gasteiger charge is 2.46. The molecule has 9 nitrogen and oxygen atoms in total. The van der Waals surface area contributed by atoms with Crippen molar-refractivity contribution in [2.75, 3.05) is 37.4 Å². The van der Waals surface area contributed by atoms with Gasteiger partial charge in [-0.25, -0.2) is 9.97 Å². The van der Waals surface area contributed by atoms with Crippen molar-refractivity contribution in [2.45, 2.75) is 18.5 Å². The summed E-state index contributed by atoms with van der Waals surface area (Å²) in [7, 11) is 1.61. The molecule has 0 aliphatic carbocycles. The van der Waals surface area contributed by atoms with Gasteiger partial charge in [-0.2, -0.15) is 4.98 Å². The van der Waals surface area contributed by atoms with Crippen molar-refractivity contribution in [3.63, 3.8) is 0 Å². The third-order valence-corrected chi connectivity index (χ3v) is 6.17. The highest BCUT2D eigenvalue weighted by atomic mass is 32.1. The van der Waals surface area contributed by atoms with Crippen molar-refractivity contribution in [1.29, 1.82) is 0 Å². The van der Waals surface area contributed by atoms with Crippen molar-refractivity contribution in [3.05, 3.63) is 29.8 Å². The highest BCUT2D eigenvalue weighted by molar-refractivity contribution is 7.16. The summed E-state index contributed by atoms with van der Waals surface area (Å²) >= 11 is 1.45. The maximum atomic E-state index is 12.7. The number of fused-ring (bicyclic) bond motifs is 3. The number of ether oxygens (including phenoxy) is 2. The van der Waals surface area contributed by atoms with Crippen LogP contribution >= 0.6 is 11.3 Å². The topological polar surface area (TPSA) is 107 Å². The normalized spacial score (nSPS) is 20.4. The Kier molecular flexibility index (Phi) is 4.35. The van der Waals surface area contributed by atoms with Crippen LogP contribution in [-0.2, 0) is 4.79 Å².